The number of benzene rings is 2. The van der Waals surface area contributed by atoms with Crippen LogP contribution in [0.2, 0.25) is 0 Å². The molecule has 2 heterocycles. The summed E-state index contributed by atoms with van der Waals surface area (Å²) in [7, 11) is 0. The molecule has 0 amide bonds. The second kappa shape index (κ2) is 7.68. The van der Waals surface area contributed by atoms with Crippen molar-refractivity contribution in [1.82, 2.24) is 14.5 Å². The van der Waals surface area contributed by atoms with Crippen LogP contribution in [0.1, 0.15) is 29.4 Å². The van der Waals surface area contributed by atoms with Crippen molar-refractivity contribution in [1.29, 1.82) is 0 Å². The first kappa shape index (κ1) is 17.4. The highest BCUT2D eigenvalue weighted by Gasteiger charge is 2.30. The molecule has 4 heteroatoms. The van der Waals surface area contributed by atoms with Gasteiger partial charge >= 0.3 is 0 Å². The van der Waals surface area contributed by atoms with E-state index in [4.69, 9.17) is 5.10 Å². The van der Waals surface area contributed by atoms with Gasteiger partial charge in [0.2, 0.25) is 0 Å². The number of hydrogen-bond acceptors (Lipinski definition) is 3. The first-order valence-electron chi connectivity index (χ1n) is 9.22. The smallest absolute Gasteiger partial charge is 0.0724 e. The van der Waals surface area contributed by atoms with E-state index in [2.05, 4.69) is 83.2 Å². The Morgan fingerprint density at radius 1 is 1.08 bits per heavy atom. The fourth-order valence-electron chi connectivity index (χ4n) is 3.98. The van der Waals surface area contributed by atoms with E-state index in [1.807, 2.05) is 0 Å². The molecule has 26 heavy (non-hydrogen) atoms. The molecule has 1 aliphatic rings. The molecule has 1 aromatic heterocycles. The lowest BCUT2D eigenvalue weighted by Gasteiger charge is -2.33. The SMILES string of the molecule is CSNC1CCc2cc(C)nn2C1Cc1cccc(-c2ccccc2)c1. The summed E-state index contributed by atoms with van der Waals surface area (Å²) in [5.74, 6) is 0. The minimum absolute atomic E-state index is 0.353. The van der Waals surface area contributed by atoms with Gasteiger partial charge in [0.05, 0.1) is 11.7 Å². The summed E-state index contributed by atoms with van der Waals surface area (Å²) in [5.41, 5.74) is 6.40. The number of hydrogen-bond donors (Lipinski definition) is 1. The maximum absolute atomic E-state index is 4.81. The third kappa shape index (κ3) is 3.57. The van der Waals surface area contributed by atoms with Crippen LogP contribution >= 0.6 is 11.9 Å². The Morgan fingerprint density at radius 2 is 1.88 bits per heavy atom. The van der Waals surface area contributed by atoms with E-state index >= 15 is 0 Å². The molecule has 1 aliphatic heterocycles. The average Bonchev–Trinajstić information content (AvgIpc) is 3.05. The van der Waals surface area contributed by atoms with Gasteiger partial charge < -0.3 is 0 Å². The Bertz CT molecular complexity index is 872. The van der Waals surface area contributed by atoms with Gasteiger partial charge in [-0.25, -0.2) is 0 Å². The van der Waals surface area contributed by atoms with Crippen LogP contribution in [-0.4, -0.2) is 22.1 Å². The van der Waals surface area contributed by atoms with Crippen LogP contribution in [0.4, 0.5) is 0 Å². The molecule has 3 nitrogen and oxygen atoms in total. The van der Waals surface area contributed by atoms with Crippen LogP contribution in [0.15, 0.2) is 60.7 Å². The molecular weight excluding hydrogens is 338 g/mol. The zero-order valence-corrected chi connectivity index (χ0v) is 16.2. The molecule has 0 radical (unpaired) electrons. The lowest BCUT2D eigenvalue weighted by atomic mass is 9.91. The number of aryl methyl sites for hydroxylation is 2. The summed E-state index contributed by atoms with van der Waals surface area (Å²) in [6.07, 6.45) is 5.36. The van der Waals surface area contributed by atoms with Gasteiger partial charge in [0.15, 0.2) is 0 Å². The number of aromatic nitrogens is 2. The van der Waals surface area contributed by atoms with Gasteiger partial charge in [0, 0.05) is 11.7 Å². The van der Waals surface area contributed by atoms with Crippen molar-refractivity contribution in [3.05, 3.63) is 77.6 Å². The van der Waals surface area contributed by atoms with Crippen LogP contribution in [0, 0.1) is 6.92 Å². The Morgan fingerprint density at radius 3 is 2.69 bits per heavy atom. The highest BCUT2D eigenvalue weighted by atomic mass is 32.2. The average molecular weight is 364 g/mol. The maximum atomic E-state index is 4.81. The first-order valence-corrected chi connectivity index (χ1v) is 10.4. The summed E-state index contributed by atoms with van der Waals surface area (Å²) in [6, 6.07) is 22.6. The molecule has 1 N–H and O–H groups in total. The van der Waals surface area contributed by atoms with E-state index in [-0.39, 0.29) is 0 Å². The number of fused-ring (bicyclic) bond motifs is 1. The fourth-order valence-corrected chi connectivity index (χ4v) is 4.56. The largest absolute Gasteiger partial charge is 0.264 e. The lowest BCUT2D eigenvalue weighted by Crippen LogP contribution is -2.40. The minimum Gasteiger partial charge on any atom is -0.264 e. The third-order valence-corrected chi connectivity index (χ3v) is 5.71. The van der Waals surface area contributed by atoms with Gasteiger partial charge in [-0.05, 0) is 55.2 Å². The minimum atomic E-state index is 0.353. The zero-order valence-electron chi connectivity index (χ0n) is 15.4. The molecule has 0 spiro atoms. The maximum Gasteiger partial charge on any atom is 0.0724 e. The van der Waals surface area contributed by atoms with Crippen LogP contribution in [-0.2, 0) is 12.8 Å². The normalized spacial score (nSPS) is 19.3. The molecule has 3 aromatic rings. The molecular formula is C22H25N3S. The van der Waals surface area contributed by atoms with Crippen molar-refractivity contribution in [2.45, 2.75) is 38.3 Å². The molecule has 0 saturated carbocycles. The third-order valence-electron chi connectivity index (χ3n) is 5.17. The fraction of sp³-hybridized carbons (Fsp3) is 0.318. The van der Waals surface area contributed by atoms with Crippen LogP contribution in [0.5, 0.6) is 0 Å². The lowest BCUT2D eigenvalue weighted by molar-refractivity contribution is 0.304. The van der Waals surface area contributed by atoms with Gasteiger partial charge in [-0.1, -0.05) is 66.5 Å². The van der Waals surface area contributed by atoms with Crippen molar-refractivity contribution in [3.63, 3.8) is 0 Å². The molecule has 2 aromatic carbocycles. The topological polar surface area (TPSA) is 29.9 Å². The molecule has 4 rings (SSSR count). The molecule has 0 aliphatic carbocycles. The van der Waals surface area contributed by atoms with Crippen LogP contribution in [0.3, 0.4) is 0 Å². The van der Waals surface area contributed by atoms with E-state index in [0.717, 1.165) is 25.0 Å². The molecule has 0 saturated heterocycles. The van der Waals surface area contributed by atoms with E-state index < -0.39 is 0 Å². The highest BCUT2D eigenvalue weighted by molar-refractivity contribution is 7.96. The van der Waals surface area contributed by atoms with Crippen molar-refractivity contribution < 1.29 is 0 Å². The van der Waals surface area contributed by atoms with E-state index in [9.17, 15) is 0 Å². The second-order valence-electron chi connectivity index (χ2n) is 7.03. The van der Waals surface area contributed by atoms with Crippen molar-refractivity contribution in [3.8, 4) is 11.1 Å². The Labute approximate surface area is 160 Å². The summed E-state index contributed by atoms with van der Waals surface area (Å²) in [6.45, 7) is 2.09. The van der Waals surface area contributed by atoms with Gasteiger partial charge in [-0.3, -0.25) is 9.40 Å². The van der Waals surface area contributed by atoms with Gasteiger partial charge in [-0.15, -0.1) is 0 Å². The van der Waals surface area contributed by atoms with E-state index in [0.29, 0.717) is 12.1 Å². The quantitative estimate of drug-likeness (QED) is 0.659. The standard InChI is InChI=1S/C22H25N3S/c1-16-13-20-11-12-21(24-26-2)22(25(20)23-16)15-17-7-6-10-19(14-17)18-8-4-3-5-9-18/h3-10,13-14,21-22,24H,11-12,15H2,1-2H3. The van der Waals surface area contributed by atoms with Gasteiger partial charge in [0.1, 0.15) is 0 Å². The summed E-state index contributed by atoms with van der Waals surface area (Å²) >= 11 is 1.71. The Hall–Kier alpha value is -2.04. The van der Waals surface area contributed by atoms with Gasteiger partial charge in [-0.2, -0.15) is 5.10 Å². The highest BCUT2D eigenvalue weighted by Crippen LogP contribution is 2.30. The predicted molar refractivity (Wildman–Crippen MR) is 110 cm³/mol. The Kier molecular flexibility index (Phi) is 5.14. The molecule has 2 unspecified atom stereocenters. The monoisotopic (exact) mass is 363 g/mol. The van der Waals surface area contributed by atoms with Crippen LogP contribution in [0.25, 0.3) is 11.1 Å². The summed E-state index contributed by atoms with van der Waals surface area (Å²) in [4.78, 5) is 0. The van der Waals surface area contributed by atoms with E-state index in [1.165, 1.54) is 22.4 Å². The van der Waals surface area contributed by atoms with E-state index in [1.54, 1.807) is 11.9 Å². The first-order chi connectivity index (χ1) is 12.7. The molecule has 0 fully saturated rings. The van der Waals surface area contributed by atoms with Crippen molar-refractivity contribution >= 4 is 11.9 Å². The van der Waals surface area contributed by atoms with Crippen molar-refractivity contribution in [2.24, 2.45) is 0 Å². The number of nitrogens with one attached hydrogen (secondary N) is 1. The Balaban J connectivity index is 1.64. The zero-order chi connectivity index (χ0) is 17.9. The molecule has 134 valence electrons. The summed E-state index contributed by atoms with van der Waals surface area (Å²) in [5, 5.41) is 4.81. The second-order valence-corrected chi connectivity index (χ2v) is 7.67. The number of nitrogens with zero attached hydrogens (tertiary/aromatic N) is 2. The predicted octanol–water partition coefficient (Wildman–Crippen LogP) is 4.82. The van der Waals surface area contributed by atoms with Crippen molar-refractivity contribution in [2.75, 3.05) is 6.26 Å². The van der Waals surface area contributed by atoms with Gasteiger partial charge in [0.25, 0.3) is 0 Å². The summed E-state index contributed by atoms with van der Waals surface area (Å²) < 4.78 is 5.87. The number of rotatable bonds is 5. The molecule has 0 bridgehead atoms. The molecule has 2 atom stereocenters. The van der Waals surface area contributed by atoms with Crippen LogP contribution < -0.4 is 4.72 Å².